The highest BCUT2D eigenvalue weighted by molar-refractivity contribution is 5.85. The maximum Gasteiger partial charge on any atom is 0.416 e. The minimum Gasteiger partial charge on any atom is -0.321 e. The van der Waals surface area contributed by atoms with Crippen molar-refractivity contribution in [3.05, 3.63) is 35.4 Å². The standard InChI is InChI=1S/C14H18F3NO.ClH/c1-9(2)13(18)12(19)7-6-10-4-3-5-11(8-10)14(15,16)17;/h3-5,8-9,13H,6-7,18H2,1-2H3;1H/t13-;/m1./s1. The molecule has 20 heavy (non-hydrogen) atoms. The van der Waals surface area contributed by atoms with Gasteiger partial charge in [-0.1, -0.05) is 32.0 Å². The van der Waals surface area contributed by atoms with Gasteiger partial charge in [0, 0.05) is 6.42 Å². The summed E-state index contributed by atoms with van der Waals surface area (Å²) in [6.07, 6.45) is -3.90. The van der Waals surface area contributed by atoms with Gasteiger partial charge in [-0.3, -0.25) is 4.79 Å². The van der Waals surface area contributed by atoms with E-state index in [0.29, 0.717) is 5.56 Å². The van der Waals surface area contributed by atoms with Gasteiger partial charge in [0.15, 0.2) is 0 Å². The van der Waals surface area contributed by atoms with Gasteiger partial charge in [0.25, 0.3) is 0 Å². The first-order valence-corrected chi connectivity index (χ1v) is 6.16. The molecule has 0 aliphatic heterocycles. The summed E-state index contributed by atoms with van der Waals surface area (Å²) in [4.78, 5) is 11.7. The van der Waals surface area contributed by atoms with Crippen LogP contribution in [0.2, 0.25) is 0 Å². The molecule has 0 fully saturated rings. The maximum absolute atomic E-state index is 12.5. The Balaban J connectivity index is 0.00000361. The van der Waals surface area contributed by atoms with Gasteiger partial charge < -0.3 is 5.73 Å². The zero-order valence-corrected chi connectivity index (χ0v) is 12.2. The summed E-state index contributed by atoms with van der Waals surface area (Å²) in [6, 6.07) is 4.49. The number of rotatable bonds is 5. The molecule has 0 aliphatic rings. The quantitative estimate of drug-likeness (QED) is 0.903. The third-order valence-electron chi connectivity index (χ3n) is 3.00. The van der Waals surface area contributed by atoms with E-state index in [0.717, 1.165) is 12.1 Å². The van der Waals surface area contributed by atoms with Gasteiger partial charge in [-0.25, -0.2) is 0 Å². The minimum atomic E-state index is -4.35. The number of benzene rings is 1. The lowest BCUT2D eigenvalue weighted by atomic mass is 9.96. The van der Waals surface area contributed by atoms with Crippen LogP contribution in [0.3, 0.4) is 0 Å². The Hall–Kier alpha value is -1.07. The first-order chi connectivity index (χ1) is 8.71. The van der Waals surface area contributed by atoms with Crippen LogP contribution in [0.4, 0.5) is 13.2 Å². The van der Waals surface area contributed by atoms with Gasteiger partial charge >= 0.3 is 6.18 Å². The molecular weight excluding hydrogens is 291 g/mol. The molecule has 0 radical (unpaired) electrons. The SMILES string of the molecule is CC(C)[C@@H](N)C(=O)CCc1cccc(C(F)(F)F)c1.Cl. The lowest BCUT2D eigenvalue weighted by molar-refractivity contribution is -0.137. The highest BCUT2D eigenvalue weighted by atomic mass is 35.5. The Kier molecular flexibility index (Phi) is 7.23. The van der Waals surface area contributed by atoms with Crippen LogP contribution in [0.15, 0.2) is 24.3 Å². The molecule has 0 heterocycles. The summed E-state index contributed by atoms with van der Waals surface area (Å²) in [5.74, 6) is -0.0820. The summed E-state index contributed by atoms with van der Waals surface area (Å²) < 4.78 is 37.5. The largest absolute Gasteiger partial charge is 0.416 e. The van der Waals surface area contributed by atoms with Crippen molar-refractivity contribution in [1.29, 1.82) is 0 Å². The molecule has 2 N–H and O–H groups in total. The third-order valence-corrected chi connectivity index (χ3v) is 3.00. The van der Waals surface area contributed by atoms with Crippen LogP contribution in [0.5, 0.6) is 0 Å². The Labute approximate surface area is 123 Å². The van der Waals surface area contributed by atoms with Crippen molar-refractivity contribution in [3.8, 4) is 0 Å². The summed E-state index contributed by atoms with van der Waals surface area (Å²) in [7, 11) is 0. The van der Waals surface area contributed by atoms with Crippen LogP contribution in [0, 0.1) is 5.92 Å². The topological polar surface area (TPSA) is 43.1 Å². The number of aryl methyl sites for hydroxylation is 1. The number of hydrogen-bond acceptors (Lipinski definition) is 2. The average Bonchev–Trinajstić information content (AvgIpc) is 2.34. The summed E-state index contributed by atoms with van der Waals surface area (Å²) in [5.41, 5.74) is 5.50. The van der Waals surface area contributed by atoms with E-state index in [1.54, 1.807) is 6.07 Å². The lowest BCUT2D eigenvalue weighted by Gasteiger charge is -2.14. The molecule has 1 aromatic rings. The molecular formula is C14H19ClF3NO. The van der Waals surface area contributed by atoms with E-state index < -0.39 is 17.8 Å². The first-order valence-electron chi connectivity index (χ1n) is 6.16. The number of hydrogen-bond donors (Lipinski definition) is 1. The van der Waals surface area contributed by atoms with Gasteiger partial charge in [-0.2, -0.15) is 13.2 Å². The number of alkyl halides is 3. The van der Waals surface area contributed by atoms with E-state index >= 15 is 0 Å². The van der Waals surface area contributed by atoms with Crippen molar-refractivity contribution < 1.29 is 18.0 Å². The second-order valence-corrected chi connectivity index (χ2v) is 4.93. The molecule has 1 atom stereocenters. The molecule has 2 nitrogen and oxygen atoms in total. The van der Waals surface area contributed by atoms with Crippen LogP contribution >= 0.6 is 12.4 Å². The predicted molar refractivity (Wildman–Crippen MR) is 74.8 cm³/mol. The van der Waals surface area contributed by atoms with Gasteiger partial charge in [-0.15, -0.1) is 12.4 Å². The molecule has 0 aliphatic carbocycles. The van der Waals surface area contributed by atoms with Gasteiger partial charge in [0.05, 0.1) is 11.6 Å². The average molecular weight is 310 g/mol. The molecule has 0 saturated heterocycles. The van der Waals surface area contributed by atoms with Crippen LogP contribution in [-0.4, -0.2) is 11.8 Å². The lowest BCUT2D eigenvalue weighted by Crippen LogP contribution is -2.35. The van der Waals surface area contributed by atoms with Gasteiger partial charge in [0.2, 0.25) is 0 Å². The van der Waals surface area contributed by atoms with Gasteiger partial charge in [-0.05, 0) is 24.0 Å². The fourth-order valence-electron chi connectivity index (χ4n) is 1.71. The Morgan fingerprint density at radius 1 is 1.30 bits per heavy atom. The molecule has 1 rings (SSSR count). The fourth-order valence-corrected chi connectivity index (χ4v) is 1.71. The highest BCUT2D eigenvalue weighted by Gasteiger charge is 2.30. The summed E-state index contributed by atoms with van der Waals surface area (Å²) in [5, 5.41) is 0. The Morgan fingerprint density at radius 3 is 2.40 bits per heavy atom. The second kappa shape index (κ2) is 7.64. The molecule has 0 aromatic heterocycles. The van der Waals surface area contributed by atoms with Crippen LogP contribution in [0.1, 0.15) is 31.4 Å². The molecule has 1 aromatic carbocycles. The number of carbonyl (C=O) groups excluding carboxylic acids is 1. The van der Waals surface area contributed by atoms with Crippen molar-refractivity contribution in [2.24, 2.45) is 11.7 Å². The molecule has 0 saturated carbocycles. The van der Waals surface area contributed by atoms with Crippen molar-refractivity contribution in [3.63, 3.8) is 0 Å². The minimum absolute atomic E-state index is 0. The molecule has 114 valence electrons. The van der Waals surface area contributed by atoms with Crippen LogP contribution in [-0.2, 0) is 17.4 Å². The predicted octanol–water partition coefficient (Wildman–Crippen LogP) is 3.61. The zero-order valence-electron chi connectivity index (χ0n) is 11.4. The Morgan fingerprint density at radius 2 is 1.90 bits per heavy atom. The number of carbonyl (C=O) groups is 1. The van der Waals surface area contributed by atoms with E-state index in [-0.39, 0.29) is 36.9 Å². The number of nitrogens with two attached hydrogens (primary N) is 1. The van der Waals surface area contributed by atoms with E-state index in [1.807, 2.05) is 13.8 Å². The Bertz CT molecular complexity index is 446. The summed E-state index contributed by atoms with van der Waals surface area (Å²) >= 11 is 0. The molecule has 6 heteroatoms. The summed E-state index contributed by atoms with van der Waals surface area (Å²) in [6.45, 7) is 3.68. The van der Waals surface area contributed by atoms with Crippen molar-refractivity contribution >= 4 is 18.2 Å². The smallest absolute Gasteiger partial charge is 0.321 e. The maximum atomic E-state index is 12.5. The van der Waals surface area contributed by atoms with Crippen molar-refractivity contribution in [2.45, 2.75) is 38.9 Å². The van der Waals surface area contributed by atoms with E-state index in [9.17, 15) is 18.0 Å². The van der Waals surface area contributed by atoms with E-state index in [4.69, 9.17) is 5.73 Å². The number of halogens is 4. The molecule has 0 bridgehead atoms. The van der Waals surface area contributed by atoms with E-state index in [2.05, 4.69) is 0 Å². The van der Waals surface area contributed by atoms with Gasteiger partial charge in [0.1, 0.15) is 5.78 Å². The first kappa shape index (κ1) is 18.9. The molecule has 0 spiro atoms. The molecule has 0 amide bonds. The highest BCUT2D eigenvalue weighted by Crippen LogP contribution is 2.29. The fraction of sp³-hybridized carbons (Fsp3) is 0.500. The third kappa shape index (κ3) is 5.51. The monoisotopic (exact) mass is 309 g/mol. The molecule has 0 unspecified atom stereocenters. The number of Topliss-reactive ketones (excluding diaryl/α,β-unsaturated/α-hetero) is 1. The second-order valence-electron chi connectivity index (χ2n) is 4.93. The van der Waals surface area contributed by atoms with Crippen LogP contribution < -0.4 is 5.73 Å². The van der Waals surface area contributed by atoms with Crippen molar-refractivity contribution in [2.75, 3.05) is 0 Å². The van der Waals surface area contributed by atoms with Crippen molar-refractivity contribution in [1.82, 2.24) is 0 Å². The van der Waals surface area contributed by atoms with Crippen LogP contribution in [0.25, 0.3) is 0 Å². The zero-order chi connectivity index (χ0) is 14.6. The normalized spacial score (nSPS) is 12.9. The number of ketones is 1. The van der Waals surface area contributed by atoms with E-state index in [1.165, 1.54) is 6.07 Å².